The Labute approximate surface area is 233 Å². The van der Waals surface area contributed by atoms with Gasteiger partial charge in [0, 0.05) is 43.9 Å². The third kappa shape index (κ3) is 6.65. The summed E-state index contributed by atoms with van der Waals surface area (Å²) in [6.07, 6.45) is 7.01. The first-order chi connectivity index (χ1) is 17.6. The number of halogens is 1. The number of carbonyl (C=O) groups is 1. The van der Waals surface area contributed by atoms with Gasteiger partial charge in [-0.15, -0.1) is 0 Å². The highest BCUT2D eigenvalue weighted by molar-refractivity contribution is 6.74. The zero-order valence-electron chi connectivity index (χ0n) is 24.5. The second-order valence-electron chi connectivity index (χ2n) is 13.8. The highest BCUT2D eigenvalue weighted by Crippen LogP contribution is 2.44. The van der Waals surface area contributed by atoms with Crippen molar-refractivity contribution in [3.05, 3.63) is 17.4 Å². The maximum Gasteiger partial charge on any atom is 0.407 e. The van der Waals surface area contributed by atoms with Gasteiger partial charge in [-0.25, -0.2) is 9.78 Å². The minimum absolute atomic E-state index is 0.00414. The van der Waals surface area contributed by atoms with Crippen LogP contribution in [0.15, 0.2) is 12.3 Å². The minimum atomic E-state index is -1.87. The van der Waals surface area contributed by atoms with Crippen molar-refractivity contribution in [1.29, 1.82) is 0 Å². The number of amides is 1. The lowest BCUT2D eigenvalue weighted by atomic mass is 9.87. The molecule has 0 spiro atoms. The van der Waals surface area contributed by atoms with Crippen LogP contribution in [0.5, 0.6) is 0 Å². The number of anilines is 1. The Morgan fingerprint density at radius 3 is 2.53 bits per heavy atom. The number of pyridine rings is 1. The molecule has 2 aromatic rings. The molecule has 2 aliphatic rings. The van der Waals surface area contributed by atoms with Gasteiger partial charge in [0.05, 0.1) is 16.9 Å². The molecule has 2 fully saturated rings. The molecule has 4 rings (SSSR count). The van der Waals surface area contributed by atoms with Gasteiger partial charge in [0.2, 0.25) is 0 Å². The quantitative estimate of drug-likeness (QED) is 0.296. The van der Waals surface area contributed by atoms with Crippen molar-refractivity contribution < 1.29 is 14.0 Å². The molecule has 1 amide bonds. The van der Waals surface area contributed by atoms with Crippen LogP contribution in [-0.4, -0.2) is 60.5 Å². The molecular formula is C28H46ClN5O3Si. The summed E-state index contributed by atoms with van der Waals surface area (Å²) in [5, 5.41) is 9.80. The number of carbonyl (C=O) groups excluding carboxylic acids is 1. The molecular weight excluding hydrogens is 518 g/mol. The summed E-state index contributed by atoms with van der Waals surface area (Å²) < 4.78 is 14.4. The molecule has 1 atom stereocenters. The number of hydrogen-bond acceptors (Lipinski definition) is 6. The first kappa shape index (κ1) is 29.1. The Morgan fingerprint density at radius 2 is 1.89 bits per heavy atom. The zero-order valence-corrected chi connectivity index (χ0v) is 26.2. The predicted octanol–water partition coefficient (Wildman–Crippen LogP) is 6.77. The summed E-state index contributed by atoms with van der Waals surface area (Å²) in [5.41, 5.74) is 0.544. The topological polar surface area (TPSA) is 81.5 Å². The molecule has 38 heavy (non-hydrogen) atoms. The molecule has 0 aromatic carbocycles. The molecule has 0 radical (unpaired) electrons. The largest absolute Gasteiger partial charge is 0.444 e. The number of nitrogens with zero attached hydrogens (tertiary/aromatic N) is 4. The highest BCUT2D eigenvalue weighted by Gasteiger charge is 2.42. The monoisotopic (exact) mass is 563 g/mol. The average Bonchev–Trinajstić information content (AvgIpc) is 3.50. The van der Waals surface area contributed by atoms with Crippen LogP contribution in [-0.2, 0) is 15.7 Å². The summed E-state index contributed by atoms with van der Waals surface area (Å²) in [7, 11) is -1.87. The number of aromatic nitrogens is 3. The standard InChI is InChI=1S/C28H46ClN5O3Si/c1-26(2,3)37-25(35)31-20-11-14-33(17-20)24-21-16-30-23(29)15-22(21)34(32-24)18-28(12-9-10-13-28)19-36-38(7,8)27(4,5)6/h15-16,20H,9-14,17-19H2,1-8H3,(H,31,35)/t20-/m0/s1. The van der Waals surface area contributed by atoms with Gasteiger partial charge in [-0.1, -0.05) is 45.2 Å². The van der Waals surface area contributed by atoms with Crippen LogP contribution in [0.25, 0.3) is 10.9 Å². The summed E-state index contributed by atoms with van der Waals surface area (Å²) in [6, 6.07) is 1.93. The van der Waals surface area contributed by atoms with Crippen LogP contribution in [0.1, 0.15) is 73.6 Å². The normalized spacial score (nSPS) is 20.3. The average molecular weight is 564 g/mol. The fourth-order valence-corrected chi connectivity index (χ4v) is 6.52. The van der Waals surface area contributed by atoms with Crippen molar-refractivity contribution in [2.45, 2.75) is 110 Å². The number of alkyl carbamates (subject to hydrolysis) is 1. The highest BCUT2D eigenvalue weighted by atomic mass is 35.5. The van der Waals surface area contributed by atoms with Gasteiger partial charge in [-0.05, 0) is 58.2 Å². The Hall–Kier alpha value is -1.84. The molecule has 0 unspecified atom stereocenters. The molecule has 1 aliphatic carbocycles. The van der Waals surface area contributed by atoms with E-state index in [1.807, 2.05) is 33.0 Å². The summed E-state index contributed by atoms with van der Waals surface area (Å²) in [4.78, 5) is 19.0. The van der Waals surface area contributed by atoms with Crippen LogP contribution in [0.2, 0.25) is 23.3 Å². The summed E-state index contributed by atoms with van der Waals surface area (Å²) >= 11 is 6.37. The van der Waals surface area contributed by atoms with Gasteiger partial charge in [0.25, 0.3) is 0 Å². The molecule has 212 valence electrons. The van der Waals surface area contributed by atoms with Crippen LogP contribution in [0.3, 0.4) is 0 Å². The van der Waals surface area contributed by atoms with E-state index in [0.29, 0.717) is 11.7 Å². The summed E-state index contributed by atoms with van der Waals surface area (Å²) in [6.45, 7) is 20.2. The van der Waals surface area contributed by atoms with E-state index in [4.69, 9.17) is 25.9 Å². The number of rotatable bonds is 7. The van der Waals surface area contributed by atoms with E-state index in [-0.39, 0.29) is 22.6 Å². The van der Waals surface area contributed by atoms with E-state index in [0.717, 1.165) is 55.7 Å². The molecule has 0 bridgehead atoms. The predicted molar refractivity (Wildman–Crippen MR) is 157 cm³/mol. The number of nitrogens with one attached hydrogen (secondary N) is 1. The summed E-state index contributed by atoms with van der Waals surface area (Å²) in [5.74, 6) is 0.899. The van der Waals surface area contributed by atoms with E-state index in [1.54, 1.807) is 0 Å². The second-order valence-corrected chi connectivity index (χ2v) is 19.0. The van der Waals surface area contributed by atoms with E-state index in [1.165, 1.54) is 12.8 Å². The van der Waals surface area contributed by atoms with Gasteiger partial charge in [0.15, 0.2) is 14.1 Å². The van der Waals surface area contributed by atoms with Crippen LogP contribution in [0.4, 0.5) is 10.6 Å². The lowest BCUT2D eigenvalue weighted by Gasteiger charge is -2.40. The molecule has 8 nitrogen and oxygen atoms in total. The number of ether oxygens (including phenoxy) is 1. The van der Waals surface area contributed by atoms with Gasteiger partial charge in [-0.2, -0.15) is 5.10 Å². The minimum Gasteiger partial charge on any atom is -0.444 e. The molecule has 2 aromatic heterocycles. The van der Waals surface area contributed by atoms with Gasteiger partial charge < -0.3 is 19.4 Å². The van der Waals surface area contributed by atoms with Crippen molar-refractivity contribution in [2.75, 3.05) is 24.6 Å². The molecule has 1 aliphatic heterocycles. The number of hydrogen-bond donors (Lipinski definition) is 1. The van der Waals surface area contributed by atoms with E-state index >= 15 is 0 Å². The van der Waals surface area contributed by atoms with Crippen molar-refractivity contribution >= 4 is 42.7 Å². The van der Waals surface area contributed by atoms with Crippen molar-refractivity contribution in [3.8, 4) is 0 Å². The van der Waals surface area contributed by atoms with Gasteiger partial charge >= 0.3 is 6.09 Å². The van der Waals surface area contributed by atoms with E-state index in [2.05, 4.69) is 53.7 Å². The fraction of sp³-hybridized carbons (Fsp3) is 0.750. The van der Waals surface area contributed by atoms with Gasteiger partial charge in [0.1, 0.15) is 10.8 Å². The maximum absolute atomic E-state index is 12.3. The van der Waals surface area contributed by atoms with Gasteiger partial charge in [-0.3, -0.25) is 4.68 Å². The first-order valence-corrected chi connectivity index (χ1v) is 17.3. The number of fused-ring (bicyclic) bond motifs is 1. The van der Waals surface area contributed by atoms with Crippen molar-refractivity contribution in [1.82, 2.24) is 20.1 Å². The maximum atomic E-state index is 12.3. The molecule has 1 saturated carbocycles. The van der Waals surface area contributed by atoms with Crippen LogP contribution < -0.4 is 10.2 Å². The SMILES string of the molecule is CC(C)(C)OC(=O)N[C@H]1CCN(c2nn(CC3(CO[Si](C)(C)C(C)(C)C)CCCC3)c3cc(Cl)ncc23)C1. The fourth-order valence-electron chi connectivity index (χ4n) is 5.27. The van der Waals surface area contributed by atoms with Crippen LogP contribution in [0, 0.1) is 5.41 Å². The molecule has 3 heterocycles. The third-order valence-electron chi connectivity index (χ3n) is 8.49. The van der Waals surface area contributed by atoms with E-state index < -0.39 is 13.9 Å². The lowest BCUT2D eigenvalue weighted by Crippen LogP contribution is -2.44. The molecule has 1 N–H and O–H groups in total. The lowest BCUT2D eigenvalue weighted by molar-refractivity contribution is 0.0509. The van der Waals surface area contributed by atoms with Crippen LogP contribution >= 0.6 is 11.6 Å². The second kappa shape index (κ2) is 10.6. The Kier molecular flexibility index (Phi) is 8.14. The Bertz CT molecular complexity index is 1150. The zero-order chi connectivity index (χ0) is 27.9. The van der Waals surface area contributed by atoms with E-state index in [9.17, 15) is 4.79 Å². The Morgan fingerprint density at radius 1 is 1.21 bits per heavy atom. The smallest absolute Gasteiger partial charge is 0.407 e. The molecule has 10 heteroatoms. The Balaban J connectivity index is 1.55. The van der Waals surface area contributed by atoms with Crippen molar-refractivity contribution in [2.24, 2.45) is 5.41 Å². The first-order valence-electron chi connectivity index (χ1n) is 14.0. The molecule has 1 saturated heterocycles. The van der Waals surface area contributed by atoms with Crippen molar-refractivity contribution in [3.63, 3.8) is 0 Å². The third-order valence-corrected chi connectivity index (χ3v) is 13.2.